The van der Waals surface area contributed by atoms with Gasteiger partial charge in [0.25, 0.3) is 0 Å². The monoisotopic (exact) mass is 305 g/mol. The molecular weight excluding hydrogens is 286 g/mol. The van der Waals surface area contributed by atoms with E-state index < -0.39 is 0 Å². The summed E-state index contributed by atoms with van der Waals surface area (Å²) in [4.78, 5) is 14.4. The topological polar surface area (TPSA) is 38.1 Å². The summed E-state index contributed by atoms with van der Waals surface area (Å²) >= 11 is 6.29. The molecule has 0 saturated carbocycles. The van der Waals surface area contributed by atoms with E-state index in [0.29, 0.717) is 10.6 Å². The van der Waals surface area contributed by atoms with E-state index in [-0.39, 0.29) is 12.2 Å². The number of Topliss-reactive ketones (excluding diaryl/α,β-unsaturated/α-hetero) is 1. The smallest absolute Gasteiger partial charge is 0.168 e. The minimum absolute atomic E-state index is 0.0489. The first-order valence-electron chi connectivity index (χ1n) is 6.94. The lowest BCUT2D eigenvalue weighted by Crippen LogP contribution is -2.10. The lowest BCUT2D eigenvalue weighted by Gasteiger charge is -2.12. The number of halogens is 1. The Bertz CT molecular complexity index is 644. The van der Waals surface area contributed by atoms with Crippen molar-refractivity contribution < 1.29 is 4.79 Å². The molecule has 0 fully saturated rings. The number of aryl methyl sites for hydroxylation is 2. The van der Waals surface area contributed by atoms with Crippen molar-refractivity contribution >= 4 is 23.1 Å². The normalized spacial score (nSPS) is 10.7. The highest BCUT2D eigenvalue weighted by Crippen LogP contribution is 2.22. The third kappa shape index (κ3) is 3.27. The highest BCUT2D eigenvalue weighted by Gasteiger charge is 2.17. The third-order valence-electron chi connectivity index (χ3n) is 3.54. The van der Waals surface area contributed by atoms with E-state index in [9.17, 15) is 4.79 Å². The summed E-state index contributed by atoms with van der Waals surface area (Å²) in [6, 6.07) is 7.58. The molecule has 112 valence electrons. The molecule has 2 aromatic rings. The van der Waals surface area contributed by atoms with E-state index in [0.717, 1.165) is 23.5 Å². The van der Waals surface area contributed by atoms with Gasteiger partial charge in [0.15, 0.2) is 5.78 Å². The molecule has 0 unspecified atom stereocenters. The van der Waals surface area contributed by atoms with Crippen LogP contribution in [0.15, 0.2) is 24.3 Å². The molecular formula is C16H20ClN3O. The summed E-state index contributed by atoms with van der Waals surface area (Å²) in [5, 5.41) is 4.95. The Kier molecular flexibility index (Phi) is 4.68. The molecule has 0 bridgehead atoms. The van der Waals surface area contributed by atoms with Crippen molar-refractivity contribution in [1.82, 2.24) is 9.78 Å². The fourth-order valence-corrected chi connectivity index (χ4v) is 2.57. The Hall–Kier alpha value is -1.81. The fraction of sp³-hybridized carbons (Fsp3) is 0.375. The SMILES string of the molecule is CCc1nn(C)c(CC(=O)c2ccc(N(C)C)cc2)c1Cl. The van der Waals surface area contributed by atoms with Crippen LogP contribution in [0.4, 0.5) is 5.69 Å². The summed E-state index contributed by atoms with van der Waals surface area (Å²) < 4.78 is 1.70. The van der Waals surface area contributed by atoms with E-state index in [1.165, 1.54) is 0 Å². The van der Waals surface area contributed by atoms with E-state index in [1.54, 1.807) is 4.68 Å². The lowest BCUT2D eigenvalue weighted by molar-refractivity contribution is 0.0991. The summed E-state index contributed by atoms with van der Waals surface area (Å²) in [6.07, 6.45) is 1.03. The van der Waals surface area contributed by atoms with Gasteiger partial charge in [0, 0.05) is 32.4 Å². The molecule has 1 aromatic heterocycles. The number of anilines is 1. The van der Waals surface area contributed by atoms with Crippen molar-refractivity contribution in [2.24, 2.45) is 7.05 Å². The minimum atomic E-state index is 0.0489. The fourth-order valence-electron chi connectivity index (χ4n) is 2.21. The Balaban J connectivity index is 2.20. The zero-order chi connectivity index (χ0) is 15.6. The number of hydrogen-bond donors (Lipinski definition) is 0. The number of nitrogens with zero attached hydrogens (tertiary/aromatic N) is 3. The van der Waals surface area contributed by atoms with Crippen molar-refractivity contribution in [2.45, 2.75) is 19.8 Å². The number of rotatable bonds is 5. The molecule has 5 heteroatoms. The van der Waals surface area contributed by atoms with Crippen molar-refractivity contribution in [3.8, 4) is 0 Å². The van der Waals surface area contributed by atoms with E-state index in [4.69, 9.17) is 11.6 Å². The van der Waals surface area contributed by atoms with Gasteiger partial charge in [-0.2, -0.15) is 5.10 Å². The summed E-state index contributed by atoms with van der Waals surface area (Å²) in [7, 11) is 5.76. The van der Waals surface area contributed by atoms with Gasteiger partial charge in [0.2, 0.25) is 0 Å². The predicted octanol–water partition coefficient (Wildman–Crippen LogP) is 3.13. The zero-order valence-electron chi connectivity index (χ0n) is 12.9. The van der Waals surface area contributed by atoms with E-state index in [2.05, 4.69) is 5.10 Å². The molecule has 0 aliphatic carbocycles. The zero-order valence-corrected chi connectivity index (χ0v) is 13.6. The van der Waals surface area contributed by atoms with Gasteiger partial charge in [0.05, 0.1) is 22.8 Å². The molecule has 4 nitrogen and oxygen atoms in total. The van der Waals surface area contributed by atoms with Crippen LogP contribution in [0.5, 0.6) is 0 Å². The molecule has 0 aliphatic heterocycles. The number of aromatic nitrogens is 2. The highest BCUT2D eigenvalue weighted by molar-refractivity contribution is 6.32. The maximum atomic E-state index is 12.4. The first-order valence-corrected chi connectivity index (χ1v) is 7.32. The molecule has 2 rings (SSSR count). The van der Waals surface area contributed by atoms with Gasteiger partial charge in [-0.25, -0.2) is 0 Å². The van der Waals surface area contributed by atoms with Gasteiger partial charge in [0.1, 0.15) is 0 Å². The maximum Gasteiger partial charge on any atom is 0.168 e. The molecule has 0 spiro atoms. The Morgan fingerprint density at radius 3 is 2.38 bits per heavy atom. The average Bonchev–Trinajstić information content (AvgIpc) is 2.74. The molecule has 0 aliphatic rings. The Morgan fingerprint density at radius 1 is 1.29 bits per heavy atom. The second-order valence-corrected chi connectivity index (χ2v) is 5.60. The van der Waals surface area contributed by atoms with Crippen LogP contribution in [0.3, 0.4) is 0 Å². The first kappa shape index (κ1) is 15.6. The van der Waals surface area contributed by atoms with Crippen LogP contribution >= 0.6 is 11.6 Å². The second kappa shape index (κ2) is 6.31. The highest BCUT2D eigenvalue weighted by atomic mass is 35.5. The standard InChI is InChI=1S/C16H20ClN3O/c1-5-13-16(17)14(20(4)18-13)10-15(21)11-6-8-12(9-7-11)19(2)3/h6-9H,5,10H2,1-4H3. The molecule has 0 radical (unpaired) electrons. The van der Waals surface area contributed by atoms with Gasteiger partial charge in [-0.05, 0) is 30.7 Å². The van der Waals surface area contributed by atoms with Gasteiger partial charge < -0.3 is 4.90 Å². The largest absolute Gasteiger partial charge is 0.378 e. The van der Waals surface area contributed by atoms with Crippen LogP contribution in [0, 0.1) is 0 Å². The number of carbonyl (C=O) groups is 1. The first-order chi connectivity index (χ1) is 9.93. The number of ketones is 1. The number of benzene rings is 1. The van der Waals surface area contributed by atoms with E-state index in [1.807, 2.05) is 57.2 Å². The lowest BCUT2D eigenvalue weighted by atomic mass is 10.1. The quantitative estimate of drug-likeness (QED) is 0.797. The number of hydrogen-bond acceptors (Lipinski definition) is 3. The van der Waals surface area contributed by atoms with Crippen molar-refractivity contribution in [2.75, 3.05) is 19.0 Å². The van der Waals surface area contributed by atoms with Crippen LogP contribution in [0.2, 0.25) is 5.02 Å². The molecule has 0 atom stereocenters. The molecule has 0 saturated heterocycles. The van der Waals surface area contributed by atoms with Crippen LogP contribution < -0.4 is 4.90 Å². The van der Waals surface area contributed by atoms with Crippen molar-refractivity contribution in [3.63, 3.8) is 0 Å². The summed E-state index contributed by atoms with van der Waals surface area (Å²) in [5.74, 6) is 0.0489. The predicted molar refractivity (Wildman–Crippen MR) is 86.4 cm³/mol. The third-order valence-corrected chi connectivity index (χ3v) is 3.97. The Labute approximate surface area is 130 Å². The summed E-state index contributed by atoms with van der Waals surface area (Å²) in [5.41, 5.74) is 3.37. The average molecular weight is 306 g/mol. The summed E-state index contributed by atoms with van der Waals surface area (Å²) in [6.45, 7) is 2.00. The molecule has 1 aromatic carbocycles. The van der Waals surface area contributed by atoms with Crippen molar-refractivity contribution in [1.29, 1.82) is 0 Å². The van der Waals surface area contributed by atoms with Gasteiger partial charge >= 0.3 is 0 Å². The second-order valence-electron chi connectivity index (χ2n) is 5.23. The van der Waals surface area contributed by atoms with Gasteiger partial charge in [-0.1, -0.05) is 18.5 Å². The minimum Gasteiger partial charge on any atom is -0.378 e. The van der Waals surface area contributed by atoms with Crippen molar-refractivity contribution in [3.05, 3.63) is 46.2 Å². The number of carbonyl (C=O) groups excluding carboxylic acids is 1. The van der Waals surface area contributed by atoms with Gasteiger partial charge in [-0.3, -0.25) is 9.48 Å². The van der Waals surface area contributed by atoms with Crippen LogP contribution in [0.1, 0.15) is 28.7 Å². The van der Waals surface area contributed by atoms with Crippen LogP contribution in [-0.4, -0.2) is 29.7 Å². The molecule has 1 heterocycles. The molecule has 0 N–H and O–H groups in total. The van der Waals surface area contributed by atoms with Gasteiger partial charge in [-0.15, -0.1) is 0 Å². The Morgan fingerprint density at radius 2 is 1.90 bits per heavy atom. The van der Waals surface area contributed by atoms with Crippen LogP contribution in [0.25, 0.3) is 0 Å². The van der Waals surface area contributed by atoms with E-state index >= 15 is 0 Å². The maximum absolute atomic E-state index is 12.4. The molecule has 0 amide bonds. The molecule has 21 heavy (non-hydrogen) atoms. The van der Waals surface area contributed by atoms with Crippen LogP contribution in [-0.2, 0) is 19.9 Å².